The van der Waals surface area contributed by atoms with Crippen LogP contribution < -0.4 is 0 Å². The highest BCUT2D eigenvalue weighted by molar-refractivity contribution is 6.77. The molecule has 0 fully saturated rings. The predicted molar refractivity (Wildman–Crippen MR) is 87.2 cm³/mol. The predicted octanol–water partition coefficient (Wildman–Crippen LogP) is 4.42. The fraction of sp³-hybridized carbons (Fsp3) is 0.812. The van der Waals surface area contributed by atoms with Gasteiger partial charge >= 0.3 is 0 Å². The van der Waals surface area contributed by atoms with Gasteiger partial charge in [-0.05, 0) is 30.5 Å². The largest absolute Gasteiger partial charge is 0.546 e. The molecule has 0 heterocycles. The molecule has 0 unspecified atom stereocenters. The Labute approximate surface area is 125 Å². The highest BCUT2D eigenvalue weighted by atomic mass is 28.4. The molecule has 3 nitrogen and oxygen atoms in total. The molecule has 0 aromatic rings. The second kappa shape index (κ2) is 6.90. The summed E-state index contributed by atoms with van der Waals surface area (Å²) in [6.45, 7) is 20.1. The van der Waals surface area contributed by atoms with Crippen LogP contribution in [0.4, 0.5) is 0 Å². The van der Waals surface area contributed by atoms with Crippen molar-refractivity contribution < 1.29 is 14.3 Å². The van der Waals surface area contributed by atoms with Crippen LogP contribution in [0.5, 0.6) is 0 Å². The maximum Gasteiger partial charge on any atom is 0.258 e. The molecule has 0 saturated heterocycles. The number of hydrogen-bond donors (Lipinski definition) is 1. The van der Waals surface area contributed by atoms with Crippen molar-refractivity contribution >= 4 is 14.1 Å². The van der Waals surface area contributed by atoms with E-state index in [1.165, 1.54) is 13.8 Å². The molecule has 0 amide bonds. The summed E-state index contributed by atoms with van der Waals surface area (Å²) in [6, 6.07) is 0. The van der Waals surface area contributed by atoms with E-state index in [0.29, 0.717) is 22.4 Å². The Morgan fingerprint density at radius 2 is 1.50 bits per heavy atom. The zero-order valence-electron chi connectivity index (χ0n) is 14.4. The average Bonchev–Trinajstić information content (AvgIpc) is 2.23. The number of rotatable bonds is 8. The summed E-state index contributed by atoms with van der Waals surface area (Å²) in [6.07, 6.45) is 0.170. The average molecular weight is 301 g/mol. The Hall–Kier alpha value is -0.613. The third kappa shape index (κ3) is 4.19. The molecule has 0 aromatic heterocycles. The Morgan fingerprint density at radius 1 is 1.15 bits per heavy atom. The molecular formula is C16H32O3Si. The first-order valence-corrected chi connectivity index (χ1v) is 9.62. The van der Waals surface area contributed by atoms with E-state index in [0.717, 1.165) is 0 Å². The molecule has 0 rings (SSSR count). The van der Waals surface area contributed by atoms with Crippen molar-refractivity contribution in [2.24, 2.45) is 0 Å². The first kappa shape index (κ1) is 19.4. The summed E-state index contributed by atoms with van der Waals surface area (Å²) in [7, 11) is -2.05. The van der Waals surface area contributed by atoms with Gasteiger partial charge in [0.15, 0.2) is 5.78 Å². The van der Waals surface area contributed by atoms with Gasteiger partial charge in [-0.2, -0.15) is 0 Å². The van der Waals surface area contributed by atoms with Crippen LogP contribution in [0, 0.1) is 0 Å². The SMILES string of the molecule is C=C(C[C@@](C)(O)C(C)=O)O[Si](C(C)C)(C(C)C)C(C)C. The third-order valence-corrected chi connectivity index (χ3v) is 10.4. The lowest BCUT2D eigenvalue weighted by molar-refractivity contribution is -0.133. The van der Waals surface area contributed by atoms with E-state index in [9.17, 15) is 9.90 Å². The van der Waals surface area contributed by atoms with E-state index in [4.69, 9.17) is 4.43 Å². The van der Waals surface area contributed by atoms with Crippen LogP contribution in [-0.4, -0.2) is 24.8 Å². The molecule has 0 saturated carbocycles. The van der Waals surface area contributed by atoms with Crippen LogP contribution in [0.15, 0.2) is 12.3 Å². The summed E-state index contributed by atoms with van der Waals surface area (Å²) in [5.74, 6) is 0.279. The minimum atomic E-state index is -2.05. The molecule has 0 aliphatic carbocycles. The number of hydrogen-bond acceptors (Lipinski definition) is 3. The lowest BCUT2D eigenvalue weighted by Crippen LogP contribution is -2.48. The van der Waals surface area contributed by atoms with Crippen LogP contribution in [0.25, 0.3) is 0 Å². The number of Topliss-reactive ketones (excluding diaryl/α,β-unsaturated/α-hetero) is 1. The molecule has 118 valence electrons. The first-order valence-electron chi connectivity index (χ1n) is 7.48. The van der Waals surface area contributed by atoms with Crippen molar-refractivity contribution in [3.05, 3.63) is 12.3 Å². The second-order valence-corrected chi connectivity index (χ2v) is 12.3. The number of aliphatic hydroxyl groups is 1. The normalized spacial score (nSPS) is 15.6. The minimum Gasteiger partial charge on any atom is -0.546 e. The van der Waals surface area contributed by atoms with Gasteiger partial charge in [-0.25, -0.2) is 0 Å². The Balaban J connectivity index is 5.21. The van der Waals surface area contributed by atoms with Gasteiger partial charge in [-0.3, -0.25) is 4.79 Å². The fourth-order valence-electron chi connectivity index (χ4n) is 3.15. The van der Waals surface area contributed by atoms with Crippen molar-refractivity contribution in [3.8, 4) is 0 Å². The summed E-state index contributed by atoms with van der Waals surface area (Å²) in [5.41, 5.74) is -0.0492. The minimum absolute atomic E-state index is 0.170. The monoisotopic (exact) mass is 300 g/mol. The molecule has 0 spiro atoms. The van der Waals surface area contributed by atoms with E-state index in [1.807, 2.05) is 0 Å². The van der Waals surface area contributed by atoms with Crippen molar-refractivity contribution in [2.75, 3.05) is 0 Å². The van der Waals surface area contributed by atoms with Crippen LogP contribution in [0.1, 0.15) is 61.8 Å². The molecule has 20 heavy (non-hydrogen) atoms. The van der Waals surface area contributed by atoms with Crippen molar-refractivity contribution in [3.63, 3.8) is 0 Å². The molecule has 0 aliphatic heterocycles. The fourth-order valence-corrected chi connectivity index (χ4v) is 8.43. The van der Waals surface area contributed by atoms with Crippen LogP contribution in [0.2, 0.25) is 16.6 Å². The Morgan fingerprint density at radius 3 is 1.75 bits per heavy atom. The van der Waals surface area contributed by atoms with Crippen molar-refractivity contribution in [2.45, 2.75) is 84.0 Å². The molecule has 4 heteroatoms. The summed E-state index contributed by atoms with van der Waals surface area (Å²) in [5, 5.41) is 10.1. The number of ketones is 1. The smallest absolute Gasteiger partial charge is 0.258 e. The van der Waals surface area contributed by atoms with E-state index < -0.39 is 13.9 Å². The van der Waals surface area contributed by atoms with Gasteiger partial charge in [0.05, 0.1) is 5.76 Å². The van der Waals surface area contributed by atoms with Crippen LogP contribution in [-0.2, 0) is 9.22 Å². The maximum absolute atomic E-state index is 11.4. The van der Waals surface area contributed by atoms with Gasteiger partial charge in [0.1, 0.15) is 5.60 Å². The molecule has 0 radical (unpaired) electrons. The molecule has 0 aromatic carbocycles. The van der Waals surface area contributed by atoms with Gasteiger partial charge in [-0.1, -0.05) is 48.1 Å². The van der Waals surface area contributed by atoms with Gasteiger partial charge < -0.3 is 9.53 Å². The third-order valence-electron chi connectivity index (χ3n) is 4.33. The maximum atomic E-state index is 11.4. The highest BCUT2D eigenvalue weighted by Crippen LogP contribution is 2.44. The molecular weight excluding hydrogens is 268 g/mol. The zero-order chi connectivity index (χ0) is 16.3. The standard InChI is InChI=1S/C16H32O3Si/c1-11(2)20(12(3)4,13(5)6)19-14(7)10-16(9,18)15(8)17/h11-13,18H,7,10H2,1-6,8-9H3/t16-/m1/s1. The number of carbonyl (C=O) groups excluding carboxylic acids is 1. The van der Waals surface area contributed by atoms with E-state index in [2.05, 4.69) is 48.1 Å². The lowest BCUT2D eigenvalue weighted by atomic mass is 9.97. The zero-order valence-corrected chi connectivity index (χ0v) is 15.4. The molecule has 0 bridgehead atoms. The van der Waals surface area contributed by atoms with Crippen LogP contribution in [0.3, 0.4) is 0 Å². The van der Waals surface area contributed by atoms with Gasteiger partial charge in [0, 0.05) is 6.42 Å². The quantitative estimate of drug-likeness (QED) is 0.533. The Bertz CT molecular complexity index is 335. The lowest BCUT2D eigenvalue weighted by Gasteiger charge is -2.43. The van der Waals surface area contributed by atoms with Crippen molar-refractivity contribution in [1.82, 2.24) is 0 Å². The summed E-state index contributed by atoms with van der Waals surface area (Å²) in [4.78, 5) is 11.4. The topological polar surface area (TPSA) is 46.5 Å². The Kier molecular flexibility index (Phi) is 6.69. The van der Waals surface area contributed by atoms with Crippen LogP contribution >= 0.6 is 0 Å². The van der Waals surface area contributed by atoms with Gasteiger partial charge in [0.25, 0.3) is 8.32 Å². The number of carbonyl (C=O) groups is 1. The van der Waals surface area contributed by atoms with E-state index >= 15 is 0 Å². The summed E-state index contributed by atoms with van der Waals surface area (Å²) >= 11 is 0. The molecule has 1 atom stereocenters. The van der Waals surface area contributed by atoms with E-state index in [1.54, 1.807) is 0 Å². The molecule has 1 N–H and O–H groups in total. The summed E-state index contributed by atoms with van der Waals surface area (Å²) < 4.78 is 6.34. The van der Waals surface area contributed by atoms with Crippen molar-refractivity contribution in [1.29, 1.82) is 0 Å². The van der Waals surface area contributed by atoms with Gasteiger partial charge in [0.2, 0.25) is 0 Å². The first-order chi connectivity index (χ1) is 8.87. The van der Waals surface area contributed by atoms with E-state index in [-0.39, 0.29) is 12.2 Å². The second-order valence-electron chi connectivity index (χ2n) is 6.97. The highest BCUT2D eigenvalue weighted by Gasteiger charge is 2.47. The van der Waals surface area contributed by atoms with Gasteiger partial charge in [-0.15, -0.1) is 0 Å². The molecule has 0 aliphatic rings.